The smallest absolute Gasteiger partial charge is 0.237 e. The number of hydrogen-bond acceptors (Lipinski definition) is 6. The summed E-state index contributed by atoms with van der Waals surface area (Å²) < 4.78 is 2.07. The summed E-state index contributed by atoms with van der Waals surface area (Å²) in [5, 5.41) is 12.1. The largest absolute Gasteiger partial charge is 0.378 e. The highest BCUT2D eigenvalue weighted by atomic mass is 32.2. The van der Waals surface area contributed by atoms with E-state index in [1.54, 1.807) is 12.4 Å². The van der Waals surface area contributed by atoms with E-state index in [1.165, 1.54) is 11.8 Å². The molecule has 0 radical (unpaired) electrons. The normalized spacial score (nSPS) is 11.9. The molecule has 1 amide bonds. The van der Waals surface area contributed by atoms with Crippen LogP contribution in [0.4, 0.5) is 11.4 Å². The van der Waals surface area contributed by atoms with Gasteiger partial charge in [0.1, 0.15) is 0 Å². The highest BCUT2D eigenvalue weighted by Gasteiger charge is 2.20. The zero-order valence-electron chi connectivity index (χ0n) is 17.2. The molecule has 1 unspecified atom stereocenters. The van der Waals surface area contributed by atoms with Crippen molar-refractivity contribution in [2.75, 3.05) is 24.3 Å². The van der Waals surface area contributed by atoms with E-state index < -0.39 is 0 Å². The number of hydrogen-bond donors (Lipinski definition) is 1. The van der Waals surface area contributed by atoms with Gasteiger partial charge in [0.25, 0.3) is 0 Å². The van der Waals surface area contributed by atoms with Crippen molar-refractivity contribution in [3.8, 4) is 11.4 Å². The van der Waals surface area contributed by atoms with Gasteiger partial charge in [0.2, 0.25) is 5.91 Å². The lowest BCUT2D eigenvalue weighted by atomic mass is 10.2. The first-order chi connectivity index (χ1) is 14.0. The van der Waals surface area contributed by atoms with Gasteiger partial charge in [-0.05, 0) is 49.7 Å². The Bertz CT molecular complexity index is 940. The van der Waals surface area contributed by atoms with E-state index in [-0.39, 0.29) is 11.2 Å². The minimum Gasteiger partial charge on any atom is -0.378 e. The van der Waals surface area contributed by atoms with Crippen molar-refractivity contribution < 1.29 is 4.79 Å². The summed E-state index contributed by atoms with van der Waals surface area (Å²) in [6.07, 6.45) is 4.43. The number of carbonyl (C=O) groups is 1. The summed E-state index contributed by atoms with van der Waals surface area (Å²) in [4.78, 5) is 18.8. The van der Waals surface area contributed by atoms with Crippen LogP contribution >= 0.6 is 11.8 Å². The number of thioether (sulfide) groups is 1. The van der Waals surface area contributed by atoms with Crippen LogP contribution in [0.5, 0.6) is 0 Å². The Kier molecular flexibility index (Phi) is 6.87. The number of amides is 1. The van der Waals surface area contributed by atoms with Gasteiger partial charge >= 0.3 is 0 Å². The van der Waals surface area contributed by atoms with Gasteiger partial charge in [-0.3, -0.25) is 9.78 Å². The standard InChI is InChI=1S/C21H26N6OS/c1-5-14-27-19(16-10-12-22-13-11-16)24-25-21(27)29-15(2)20(28)23-17-6-8-18(9-7-17)26(3)4/h6-13,15H,5,14H2,1-4H3,(H,23,28). The predicted octanol–water partition coefficient (Wildman–Crippen LogP) is 3.94. The third-order valence-electron chi connectivity index (χ3n) is 4.41. The molecular formula is C21H26N6OS. The van der Waals surface area contributed by atoms with Crippen molar-refractivity contribution >= 4 is 29.0 Å². The lowest BCUT2D eigenvalue weighted by Gasteiger charge is -2.15. The maximum absolute atomic E-state index is 12.7. The fraction of sp³-hybridized carbons (Fsp3) is 0.333. The molecule has 8 heteroatoms. The molecule has 2 heterocycles. The number of anilines is 2. The van der Waals surface area contributed by atoms with Crippen LogP contribution in [-0.2, 0) is 11.3 Å². The van der Waals surface area contributed by atoms with E-state index in [1.807, 2.05) is 62.3 Å². The van der Waals surface area contributed by atoms with Gasteiger partial charge in [-0.15, -0.1) is 10.2 Å². The lowest BCUT2D eigenvalue weighted by Crippen LogP contribution is -2.23. The maximum atomic E-state index is 12.7. The van der Waals surface area contributed by atoms with E-state index in [4.69, 9.17) is 0 Å². The lowest BCUT2D eigenvalue weighted by molar-refractivity contribution is -0.115. The van der Waals surface area contributed by atoms with E-state index in [0.717, 1.165) is 40.9 Å². The summed E-state index contributed by atoms with van der Waals surface area (Å²) in [7, 11) is 3.97. The Balaban J connectivity index is 1.71. The second-order valence-corrected chi connectivity index (χ2v) is 8.19. The van der Waals surface area contributed by atoms with E-state index in [2.05, 4.69) is 32.0 Å². The molecule has 1 atom stereocenters. The first-order valence-electron chi connectivity index (χ1n) is 9.58. The highest BCUT2D eigenvalue weighted by Crippen LogP contribution is 2.27. The first kappa shape index (κ1) is 20.9. The molecule has 3 aromatic rings. The van der Waals surface area contributed by atoms with Crippen molar-refractivity contribution in [2.45, 2.75) is 37.2 Å². The van der Waals surface area contributed by atoms with Crippen LogP contribution in [-0.4, -0.2) is 45.0 Å². The molecule has 0 spiro atoms. The van der Waals surface area contributed by atoms with Gasteiger partial charge in [0.15, 0.2) is 11.0 Å². The number of rotatable bonds is 8. The summed E-state index contributed by atoms with van der Waals surface area (Å²) in [6.45, 7) is 4.77. The highest BCUT2D eigenvalue weighted by molar-refractivity contribution is 8.00. The first-order valence-corrected chi connectivity index (χ1v) is 10.5. The molecule has 7 nitrogen and oxygen atoms in total. The average molecular weight is 411 g/mol. The topological polar surface area (TPSA) is 75.9 Å². The second kappa shape index (κ2) is 9.56. The molecule has 2 aromatic heterocycles. The Morgan fingerprint density at radius 2 is 1.83 bits per heavy atom. The summed E-state index contributed by atoms with van der Waals surface area (Å²) in [6, 6.07) is 11.6. The molecule has 0 saturated heterocycles. The molecule has 0 saturated carbocycles. The molecule has 3 rings (SSSR count). The van der Waals surface area contributed by atoms with Crippen LogP contribution in [0.1, 0.15) is 20.3 Å². The summed E-state index contributed by atoms with van der Waals surface area (Å²) in [5.74, 6) is 0.729. The van der Waals surface area contributed by atoms with E-state index in [0.29, 0.717) is 0 Å². The molecule has 29 heavy (non-hydrogen) atoms. The monoisotopic (exact) mass is 410 g/mol. The Morgan fingerprint density at radius 3 is 2.45 bits per heavy atom. The number of pyridine rings is 1. The molecular weight excluding hydrogens is 384 g/mol. The number of benzene rings is 1. The number of nitrogens with zero attached hydrogens (tertiary/aromatic N) is 5. The SMILES string of the molecule is CCCn1c(SC(C)C(=O)Nc2ccc(N(C)C)cc2)nnc1-c1ccncc1. The van der Waals surface area contributed by atoms with Gasteiger partial charge in [0.05, 0.1) is 5.25 Å². The van der Waals surface area contributed by atoms with E-state index in [9.17, 15) is 4.79 Å². The van der Waals surface area contributed by atoms with Crippen molar-refractivity contribution in [3.05, 3.63) is 48.8 Å². The van der Waals surface area contributed by atoms with Crippen LogP contribution in [0.25, 0.3) is 11.4 Å². The number of aromatic nitrogens is 4. The molecule has 1 aromatic carbocycles. The van der Waals surface area contributed by atoms with Crippen molar-refractivity contribution in [3.63, 3.8) is 0 Å². The molecule has 0 aliphatic rings. The third-order valence-corrected chi connectivity index (χ3v) is 5.49. The molecule has 0 bridgehead atoms. The van der Waals surface area contributed by atoms with Crippen LogP contribution in [0.2, 0.25) is 0 Å². The molecule has 0 aliphatic heterocycles. The van der Waals surface area contributed by atoms with Gasteiger partial charge in [-0.25, -0.2) is 0 Å². The second-order valence-electron chi connectivity index (χ2n) is 6.88. The fourth-order valence-corrected chi connectivity index (χ4v) is 3.69. The van der Waals surface area contributed by atoms with Gasteiger partial charge in [-0.1, -0.05) is 18.7 Å². The van der Waals surface area contributed by atoms with Crippen LogP contribution in [0, 0.1) is 0 Å². The number of carbonyl (C=O) groups excluding carboxylic acids is 1. The average Bonchev–Trinajstić information content (AvgIpc) is 3.11. The zero-order valence-corrected chi connectivity index (χ0v) is 18.0. The zero-order chi connectivity index (χ0) is 20.8. The number of nitrogens with one attached hydrogen (secondary N) is 1. The minimum atomic E-state index is -0.311. The van der Waals surface area contributed by atoms with Gasteiger partial charge in [0, 0.05) is 50.0 Å². The van der Waals surface area contributed by atoms with Crippen molar-refractivity contribution in [1.82, 2.24) is 19.7 Å². The van der Waals surface area contributed by atoms with Crippen LogP contribution in [0.3, 0.4) is 0 Å². The Hall–Kier alpha value is -2.87. The molecule has 152 valence electrons. The van der Waals surface area contributed by atoms with Crippen LogP contribution < -0.4 is 10.2 Å². The molecule has 1 N–H and O–H groups in total. The maximum Gasteiger partial charge on any atom is 0.237 e. The minimum absolute atomic E-state index is 0.0656. The molecule has 0 aliphatic carbocycles. The predicted molar refractivity (Wildman–Crippen MR) is 118 cm³/mol. The Morgan fingerprint density at radius 1 is 1.14 bits per heavy atom. The van der Waals surface area contributed by atoms with E-state index >= 15 is 0 Å². The van der Waals surface area contributed by atoms with Crippen molar-refractivity contribution in [1.29, 1.82) is 0 Å². The van der Waals surface area contributed by atoms with Crippen LogP contribution in [0.15, 0.2) is 53.9 Å². The van der Waals surface area contributed by atoms with Gasteiger partial charge < -0.3 is 14.8 Å². The van der Waals surface area contributed by atoms with Gasteiger partial charge in [-0.2, -0.15) is 0 Å². The molecule has 0 fully saturated rings. The Labute approximate surface area is 175 Å². The van der Waals surface area contributed by atoms with Crippen molar-refractivity contribution in [2.24, 2.45) is 0 Å². The summed E-state index contributed by atoms with van der Waals surface area (Å²) in [5.41, 5.74) is 2.83. The third kappa shape index (κ3) is 5.14. The quantitative estimate of drug-likeness (QED) is 0.567. The fourth-order valence-electron chi connectivity index (χ4n) is 2.81. The summed E-state index contributed by atoms with van der Waals surface area (Å²) >= 11 is 1.41.